The van der Waals surface area contributed by atoms with Crippen LogP contribution < -0.4 is 5.32 Å². The lowest BCUT2D eigenvalue weighted by molar-refractivity contribution is -0.127. The van der Waals surface area contributed by atoms with Crippen molar-refractivity contribution >= 4 is 58.1 Å². The minimum absolute atomic E-state index is 0.126. The summed E-state index contributed by atoms with van der Waals surface area (Å²) in [6.45, 7) is -0.524. The number of carboxylic acids is 1. The maximum Gasteiger partial charge on any atom is 0.339 e. The van der Waals surface area contributed by atoms with E-state index in [0.717, 1.165) is 28.8 Å². The molecule has 1 fully saturated rings. The van der Waals surface area contributed by atoms with Crippen LogP contribution in [0.2, 0.25) is 5.02 Å². The van der Waals surface area contributed by atoms with E-state index in [1.165, 1.54) is 12.1 Å². The molecule has 1 saturated heterocycles. The van der Waals surface area contributed by atoms with Crippen LogP contribution in [0.15, 0.2) is 47.4 Å². The van der Waals surface area contributed by atoms with Crippen LogP contribution in [0, 0.1) is 0 Å². The van der Waals surface area contributed by atoms with Crippen molar-refractivity contribution in [3.8, 4) is 5.75 Å². The van der Waals surface area contributed by atoms with Gasteiger partial charge in [0.1, 0.15) is 17.9 Å². The zero-order valence-electron chi connectivity index (χ0n) is 14.6. The lowest BCUT2D eigenvalue weighted by atomic mass is 10.2. The number of halogens is 1. The van der Waals surface area contributed by atoms with Crippen molar-refractivity contribution in [3.63, 3.8) is 0 Å². The average Bonchev–Trinajstić information content (AvgIpc) is 2.90. The normalized spacial score (nSPS) is 15.1. The number of imide groups is 1. The summed E-state index contributed by atoms with van der Waals surface area (Å²) in [5, 5.41) is 20.9. The average molecular weight is 433 g/mol. The molecule has 0 bridgehead atoms. The zero-order valence-corrected chi connectivity index (χ0v) is 16.2. The second kappa shape index (κ2) is 8.38. The number of carbonyl (C=O) groups is 4. The number of thioether (sulfide) groups is 1. The number of amides is 3. The number of phenols is 1. The number of carboxylic acid groups (broad SMARTS) is 1. The fourth-order valence-electron chi connectivity index (χ4n) is 2.48. The summed E-state index contributed by atoms with van der Waals surface area (Å²) in [4.78, 5) is 48.6. The molecule has 2 aromatic rings. The van der Waals surface area contributed by atoms with E-state index >= 15 is 0 Å². The Hall–Kier alpha value is -3.30. The summed E-state index contributed by atoms with van der Waals surface area (Å²) in [6.07, 6.45) is 1.53. The van der Waals surface area contributed by atoms with Gasteiger partial charge in [-0.05, 0) is 47.7 Å². The highest BCUT2D eigenvalue weighted by Crippen LogP contribution is 2.32. The molecule has 148 valence electrons. The molecule has 3 rings (SSSR count). The first kappa shape index (κ1) is 20.4. The van der Waals surface area contributed by atoms with E-state index in [-0.39, 0.29) is 16.2 Å². The van der Waals surface area contributed by atoms with Gasteiger partial charge in [0.2, 0.25) is 5.91 Å². The van der Waals surface area contributed by atoms with E-state index in [1.807, 2.05) is 0 Å². The molecule has 3 N–H and O–H groups in total. The molecule has 8 nitrogen and oxygen atoms in total. The summed E-state index contributed by atoms with van der Waals surface area (Å²) in [5.74, 6) is -3.12. The van der Waals surface area contributed by atoms with Gasteiger partial charge in [-0.15, -0.1) is 0 Å². The molecule has 10 heteroatoms. The van der Waals surface area contributed by atoms with Gasteiger partial charge in [0.15, 0.2) is 0 Å². The Labute approximate surface area is 173 Å². The molecule has 1 heterocycles. The van der Waals surface area contributed by atoms with Gasteiger partial charge in [-0.2, -0.15) is 0 Å². The molecular weight excluding hydrogens is 420 g/mol. The number of carbonyl (C=O) groups excluding carboxylic acids is 3. The molecule has 1 aliphatic heterocycles. The van der Waals surface area contributed by atoms with E-state index in [4.69, 9.17) is 16.7 Å². The van der Waals surface area contributed by atoms with Gasteiger partial charge in [0.25, 0.3) is 11.1 Å². The first-order chi connectivity index (χ1) is 13.7. The number of nitrogens with one attached hydrogen (secondary N) is 1. The monoisotopic (exact) mass is 432 g/mol. The Balaban J connectivity index is 1.68. The van der Waals surface area contributed by atoms with Crippen LogP contribution in [0.1, 0.15) is 15.9 Å². The minimum atomic E-state index is -1.31. The van der Waals surface area contributed by atoms with Crippen LogP contribution in [-0.4, -0.2) is 44.7 Å². The van der Waals surface area contributed by atoms with E-state index in [1.54, 1.807) is 24.3 Å². The van der Waals surface area contributed by atoms with Gasteiger partial charge in [0, 0.05) is 16.8 Å². The van der Waals surface area contributed by atoms with Crippen molar-refractivity contribution in [1.29, 1.82) is 0 Å². The molecule has 0 atom stereocenters. The van der Waals surface area contributed by atoms with E-state index in [9.17, 15) is 24.3 Å². The molecular formula is C19H13ClN2O6S. The van der Waals surface area contributed by atoms with Crippen LogP contribution >= 0.6 is 23.4 Å². The highest BCUT2D eigenvalue weighted by Gasteiger charge is 2.36. The summed E-state index contributed by atoms with van der Waals surface area (Å²) in [6, 6.07) is 10.2. The Kier molecular flexibility index (Phi) is 5.90. The quantitative estimate of drug-likeness (QED) is 0.618. The number of nitrogens with zero attached hydrogens (tertiary/aromatic N) is 1. The molecule has 29 heavy (non-hydrogen) atoms. The van der Waals surface area contributed by atoms with Gasteiger partial charge >= 0.3 is 5.97 Å². The van der Waals surface area contributed by atoms with Crippen molar-refractivity contribution in [2.24, 2.45) is 0 Å². The predicted octanol–water partition coefficient (Wildman–Crippen LogP) is 3.42. The van der Waals surface area contributed by atoms with Gasteiger partial charge in [-0.1, -0.05) is 23.7 Å². The van der Waals surface area contributed by atoms with Crippen LogP contribution in [0.5, 0.6) is 5.75 Å². The smallest absolute Gasteiger partial charge is 0.339 e. The van der Waals surface area contributed by atoms with Gasteiger partial charge < -0.3 is 15.5 Å². The fraction of sp³-hybridized carbons (Fsp3) is 0.0526. The summed E-state index contributed by atoms with van der Waals surface area (Å²) in [7, 11) is 0. The molecule has 0 saturated carbocycles. The second-order valence-electron chi connectivity index (χ2n) is 5.90. The molecule has 0 aromatic heterocycles. The van der Waals surface area contributed by atoms with Crippen LogP contribution in [0.4, 0.5) is 10.5 Å². The third-order valence-electron chi connectivity index (χ3n) is 3.85. The van der Waals surface area contributed by atoms with Crippen LogP contribution in [0.25, 0.3) is 6.08 Å². The molecule has 0 spiro atoms. The number of rotatable bonds is 5. The summed E-state index contributed by atoms with van der Waals surface area (Å²) >= 11 is 6.53. The molecule has 0 radical (unpaired) electrons. The number of hydrogen-bond acceptors (Lipinski definition) is 6. The maximum atomic E-state index is 12.5. The van der Waals surface area contributed by atoms with Crippen molar-refractivity contribution < 1.29 is 29.4 Å². The first-order valence-electron chi connectivity index (χ1n) is 8.11. The number of benzene rings is 2. The van der Waals surface area contributed by atoms with E-state index in [0.29, 0.717) is 10.6 Å². The summed E-state index contributed by atoms with van der Waals surface area (Å²) < 4.78 is 0. The molecule has 2 aromatic carbocycles. The Morgan fingerprint density at radius 1 is 1.14 bits per heavy atom. The van der Waals surface area contributed by atoms with E-state index < -0.39 is 35.3 Å². The first-order valence-corrected chi connectivity index (χ1v) is 9.31. The predicted molar refractivity (Wildman–Crippen MR) is 108 cm³/mol. The Bertz CT molecular complexity index is 1050. The Morgan fingerprint density at radius 3 is 2.45 bits per heavy atom. The number of aromatic carboxylic acids is 1. The lowest BCUT2D eigenvalue weighted by Gasteiger charge is -2.13. The zero-order chi connectivity index (χ0) is 21.1. The summed E-state index contributed by atoms with van der Waals surface area (Å²) in [5.41, 5.74) is 0.487. The van der Waals surface area contributed by atoms with Crippen LogP contribution in [-0.2, 0) is 9.59 Å². The number of aromatic hydroxyl groups is 1. The van der Waals surface area contributed by atoms with E-state index in [2.05, 4.69) is 5.32 Å². The van der Waals surface area contributed by atoms with Crippen molar-refractivity contribution in [2.45, 2.75) is 0 Å². The second-order valence-corrected chi connectivity index (χ2v) is 7.33. The third-order valence-corrected chi connectivity index (χ3v) is 5.01. The lowest BCUT2D eigenvalue weighted by Crippen LogP contribution is -2.36. The van der Waals surface area contributed by atoms with Gasteiger partial charge in [0.05, 0.1) is 4.91 Å². The maximum absolute atomic E-state index is 12.5. The van der Waals surface area contributed by atoms with Gasteiger partial charge in [-0.3, -0.25) is 19.3 Å². The molecule has 1 aliphatic rings. The van der Waals surface area contributed by atoms with Crippen LogP contribution in [0.3, 0.4) is 0 Å². The van der Waals surface area contributed by atoms with Crippen molar-refractivity contribution in [2.75, 3.05) is 11.9 Å². The largest absolute Gasteiger partial charge is 0.507 e. The SMILES string of the molecule is O=C(CN1C(=O)S/C(=C/c2ccc(Cl)cc2)C1=O)Nc1ccc(C(=O)O)c(O)c1. The van der Waals surface area contributed by atoms with Crippen molar-refractivity contribution in [3.05, 3.63) is 63.5 Å². The Morgan fingerprint density at radius 2 is 1.83 bits per heavy atom. The number of anilines is 1. The fourth-order valence-corrected chi connectivity index (χ4v) is 3.45. The molecule has 0 unspecified atom stereocenters. The molecule has 3 amide bonds. The topological polar surface area (TPSA) is 124 Å². The standard InChI is InChI=1S/C19H13ClN2O6S/c20-11-3-1-10(2-4-11)7-15-17(25)22(19(28)29-15)9-16(24)21-12-5-6-13(18(26)27)14(23)8-12/h1-8,23H,9H2,(H,21,24)(H,26,27)/b15-7+. The minimum Gasteiger partial charge on any atom is -0.507 e. The number of hydrogen-bond donors (Lipinski definition) is 3. The third kappa shape index (κ3) is 4.76. The highest BCUT2D eigenvalue weighted by atomic mass is 35.5. The molecule has 0 aliphatic carbocycles. The van der Waals surface area contributed by atoms with Gasteiger partial charge in [-0.25, -0.2) is 4.79 Å². The highest BCUT2D eigenvalue weighted by molar-refractivity contribution is 8.18. The van der Waals surface area contributed by atoms with Crippen molar-refractivity contribution in [1.82, 2.24) is 4.90 Å².